The van der Waals surface area contributed by atoms with Crippen molar-refractivity contribution in [3.8, 4) is 17.6 Å². The van der Waals surface area contributed by atoms with Gasteiger partial charge in [0.1, 0.15) is 5.56 Å². The number of nitriles is 1. The fraction of sp³-hybridized carbons (Fsp3) is 0.500. The molecule has 1 atom stereocenters. The molecule has 0 radical (unpaired) electrons. The van der Waals surface area contributed by atoms with Crippen LogP contribution in [0.3, 0.4) is 0 Å². The Labute approximate surface area is 128 Å². The molecular formula is C14H18F3NO3Si. The number of hydrogen-bond acceptors (Lipinski definition) is 4. The van der Waals surface area contributed by atoms with E-state index in [4.69, 9.17) is 13.9 Å². The van der Waals surface area contributed by atoms with Crippen LogP contribution in [0.5, 0.6) is 11.5 Å². The Morgan fingerprint density at radius 1 is 1.14 bits per heavy atom. The van der Waals surface area contributed by atoms with Crippen LogP contribution in [0.15, 0.2) is 12.1 Å². The molecule has 0 aliphatic carbocycles. The van der Waals surface area contributed by atoms with Crippen LogP contribution in [0.2, 0.25) is 19.6 Å². The van der Waals surface area contributed by atoms with Crippen molar-refractivity contribution in [1.82, 2.24) is 0 Å². The smallest absolute Gasteiger partial charge is 0.420 e. The monoisotopic (exact) mass is 333 g/mol. The second-order valence-electron chi connectivity index (χ2n) is 5.50. The number of alkyl halides is 3. The van der Waals surface area contributed by atoms with E-state index in [2.05, 4.69) is 0 Å². The highest BCUT2D eigenvalue weighted by molar-refractivity contribution is 6.69. The van der Waals surface area contributed by atoms with E-state index >= 15 is 0 Å². The quantitative estimate of drug-likeness (QED) is 0.760. The second kappa shape index (κ2) is 6.58. The molecule has 0 N–H and O–H groups in total. The Morgan fingerprint density at radius 2 is 1.73 bits per heavy atom. The normalized spacial score (nSPS) is 13.4. The molecule has 22 heavy (non-hydrogen) atoms. The van der Waals surface area contributed by atoms with Crippen LogP contribution >= 0.6 is 0 Å². The van der Waals surface area contributed by atoms with Crippen molar-refractivity contribution in [2.75, 3.05) is 14.2 Å². The molecule has 0 bridgehead atoms. The van der Waals surface area contributed by atoms with Gasteiger partial charge < -0.3 is 13.9 Å². The van der Waals surface area contributed by atoms with E-state index in [0.29, 0.717) is 0 Å². The lowest BCUT2D eigenvalue weighted by Crippen LogP contribution is -2.28. The van der Waals surface area contributed by atoms with Crippen LogP contribution in [0.4, 0.5) is 13.2 Å². The molecule has 1 aromatic rings. The number of rotatable bonds is 5. The lowest BCUT2D eigenvalue weighted by molar-refractivity contribution is -0.140. The molecule has 0 fully saturated rings. The van der Waals surface area contributed by atoms with Gasteiger partial charge in [0.05, 0.1) is 20.3 Å². The van der Waals surface area contributed by atoms with E-state index in [-0.39, 0.29) is 11.3 Å². The van der Waals surface area contributed by atoms with Gasteiger partial charge in [0, 0.05) is 5.56 Å². The van der Waals surface area contributed by atoms with Gasteiger partial charge in [-0.25, -0.2) is 0 Å². The summed E-state index contributed by atoms with van der Waals surface area (Å²) in [6.45, 7) is 5.39. The van der Waals surface area contributed by atoms with Crippen molar-refractivity contribution >= 4 is 8.32 Å². The second-order valence-corrected chi connectivity index (χ2v) is 9.96. The van der Waals surface area contributed by atoms with Gasteiger partial charge in [-0.1, -0.05) is 6.07 Å². The molecule has 1 aromatic carbocycles. The van der Waals surface area contributed by atoms with E-state index in [1.54, 1.807) is 25.7 Å². The number of hydrogen-bond donors (Lipinski definition) is 0. The third-order valence-corrected chi connectivity index (χ3v) is 3.68. The van der Waals surface area contributed by atoms with Crippen LogP contribution in [0.1, 0.15) is 17.2 Å². The summed E-state index contributed by atoms with van der Waals surface area (Å²) in [5.41, 5.74) is -1.31. The van der Waals surface area contributed by atoms with Gasteiger partial charge >= 0.3 is 6.18 Å². The van der Waals surface area contributed by atoms with Crippen LogP contribution < -0.4 is 9.47 Å². The van der Waals surface area contributed by atoms with Crippen molar-refractivity contribution in [1.29, 1.82) is 5.26 Å². The molecule has 0 spiro atoms. The molecule has 0 amide bonds. The van der Waals surface area contributed by atoms with Crippen molar-refractivity contribution in [2.24, 2.45) is 0 Å². The van der Waals surface area contributed by atoms with Crippen LogP contribution in [0.25, 0.3) is 0 Å². The molecule has 122 valence electrons. The van der Waals surface area contributed by atoms with E-state index < -0.39 is 31.9 Å². The van der Waals surface area contributed by atoms with Crippen molar-refractivity contribution in [3.63, 3.8) is 0 Å². The molecule has 1 unspecified atom stereocenters. The highest BCUT2D eigenvalue weighted by Gasteiger charge is 2.41. The van der Waals surface area contributed by atoms with Gasteiger partial charge in [-0.15, -0.1) is 0 Å². The van der Waals surface area contributed by atoms with Gasteiger partial charge in [0.25, 0.3) is 0 Å². The first-order valence-corrected chi connectivity index (χ1v) is 9.85. The zero-order valence-corrected chi connectivity index (χ0v) is 14.0. The van der Waals surface area contributed by atoms with Crippen molar-refractivity contribution in [3.05, 3.63) is 23.3 Å². The molecule has 0 heterocycles. The predicted molar refractivity (Wildman–Crippen MR) is 77.3 cm³/mol. The highest BCUT2D eigenvalue weighted by atomic mass is 28.4. The summed E-state index contributed by atoms with van der Waals surface area (Å²) in [5, 5.41) is 9.23. The molecule has 0 saturated carbocycles. The summed E-state index contributed by atoms with van der Waals surface area (Å²) in [6.07, 6.45) is -6.02. The maximum absolute atomic E-state index is 13.5. The number of halogens is 3. The number of benzene rings is 1. The molecule has 0 aliphatic rings. The maximum Gasteiger partial charge on any atom is 0.420 e. The average Bonchev–Trinajstić information content (AvgIpc) is 2.41. The molecule has 4 nitrogen and oxygen atoms in total. The first kappa shape index (κ1) is 18.3. The van der Waals surface area contributed by atoms with E-state index in [0.717, 1.165) is 7.11 Å². The number of nitrogens with zero attached hydrogens (tertiary/aromatic N) is 1. The van der Waals surface area contributed by atoms with Crippen LogP contribution in [-0.4, -0.2) is 22.5 Å². The van der Waals surface area contributed by atoms with Crippen LogP contribution in [0, 0.1) is 11.3 Å². The minimum atomic E-state index is -4.70. The third-order valence-electron chi connectivity index (χ3n) is 2.73. The lowest BCUT2D eigenvalue weighted by atomic mass is 10.0. The largest absolute Gasteiger partial charge is 0.493 e. The average molecular weight is 333 g/mol. The first-order chi connectivity index (χ1) is 10.0. The molecule has 0 saturated heterocycles. The predicted octanol–water partition coefficient (Wildman–Crippen LogP) is 4.14. The molecule has 0 aliphatic heterocycles. The summed E-state index contributed by atoms with van der Waals surface area (Å²) < 4.78 is 55.7. The Morgan fingerprint density at radius 3 is 2.09 bits per heavy atom. The van der Waals surface area contributed by atoms with E-state index in [1.807, 2.05) is 0 Å². The lowest BCUT2D eigenvalue weighted by Gasteiger charge is -2.25. The Hall–Kier alpha value is -1.72. The van der Waals surface area contributed by atoms with Gasteiger partial charge in [-0.2, -0.15) is 18.4 Å². The molecular weight excluding hydrogens is 315 g/mol. The van der Waals surface area contributed by atoms with E-state index in [1.165, 1.54) is 19.2 Å². The number of methoxy groups -OCH3 is 2. The maximum atomic E-state index is 13.5. The standard InChI is InChI=1S/C14H18F3NO3Si/c1-19-10-7-6-9(11(8-18)21-22(3,4)5)12(13(10)20-2)14(15,16)17/h6-7,11H,1-5H3. The fourth-order valence-corrected chi connectivity index (χ4v) is 2.85. The van der Waals surface area contributed by atoms with Gasteiger partial charge in [0.15, 0.2) is 25.9 Å². The Bertz CT molecular complexity index is 576. The fourth-order valence-electron chi connectivity index (χ4n) is 1.97. The molecule has 8 heteroatoms. The molecule has 0 aromatic heterocycles. The SMILES string of the molecule is COc1ccc(C(C#N)O[Si](C)(C)C)c(C(F)(F)F)c1OC. The van der Waals surface area contributed by atoms with Gasteiger partial charge in [0.2, 0.25) is 0 Å². The van der Waals surface area contributed by atoms with Crippen LogP contribution in [-0.2, 0) is 10.6 Å². The first-order valence-electron chi connectivity index (χ1n) is 6.44. The van der Waals surface area contributed by atoms with Crippen molar-refractivity contribution < 1.29 is 27.1 Å². The zero-order chi connectivity index (χ0) is 17.1. The Kier molecular flexibility index (Phi) is 5.48. The third kappa shape index (κ3) is 4.15. The molecule has 1 rings (SSSR count). The number of ether oxygens (including phenoxy) is 2. The van der Waals surface area contributed by atoms with Gasteiger partial charge in [-0.3, -0.25) is 0 Å². The van der Waals surface area contributed by atoms with Crippen molar-refractivity contribution in [2.45, 2.75) is 31.9 Å². The van der Waals surface area contributed by atoms with Gasteiger partial charge in [-0.05, 0) is 25.7 Å². The summed E-state index contributed by atoms with van der Waals surface area (Å²) in [5.74, 6) is -0.504. The summed E-state index contributed by atoms with van der Waals surface area (Å²) in [7, 11) is 0.153. The minimum Gasteiger partial charge on any atom is -0.493 e. The topological polar surface area (TPSA) is 51.5 Å². The minimum absolute atomic E-state index is 0.0525. The summed E-state index contributed by atoms with van der Waals surface area (Å²) in [4.78, 5) is 0. The van der Waals surface area contributed by atoms with E-state index in [9.17, 15) is 18.4 Å². The zero-order valence-electron chi connectivity index (χ0n) is 13.0. The summed E-state index contributed by atoms with van der Waals surface area (Å²) in [6, 6.07) is 4.32. The Balaban J connectivity index is 3.57. The highest BCUT2D eigenvalue weighted by Crippen LogP contribution is 2.46. The summed E-state index contributed by atoms with van der Waals surface area (Å²) >= 11 is 0.